The number of carbonyl (C=O) groups is 2. The minimum atomic E-state index is -0.841. The molecule has 1 amide bonds. The lowest BCUT2D eigenvalue weighted by atomic mass is 10.0. The molecule has 0 saturated carbocycles. The Morgan fingerprint density at radius 2 is 0.581 bits per heavy atom. The van der Waals surface area contributed by atoms with Gasteiger partial charge < -0.3 is 20.3 Å². The van der Waals surface area contributed by atoms with E-state index in [0.29, 0.717) is 19.4 Å². The van der Waals surface area contributed by atoms with Crippen molar-refractivity contribution < 1.29 is 24.5 Å². The van der Waals surface area contributed by atoms with Crippen molar-refractivity contribution >= 4 is 11.9 Å². The van der Waals surface area contributed by atoms with Crippen molar-refractivity contribution in [3.63, 3.8) is 0 Å². The lowest BCUT2D eigenvalue weighted by molar-refractivity contribution is -0.143. The molecule has 0 fully saturated rings. The predicted octanol–water partition coefficient (Wildman–Crippen LogP) is 25.8. The molecule has 0 rings (SSSR count). The molecule has 0 heterocycles. The summed E-state index contributed by atoms with van der Waals surface area (Å²) in [7, 11) is 0. The SMILES string of the molecule is CCCCCCCCCCCC/C=C/C(O)C(CO)NC(=O)CCCCCCCCCCCCCCCCCCC/C=C\C/C=C\CCCCCCCCCCCCCCCCCOC(=O)CCCCCCCCCCCCCCCCCCCC. The topological polar surface area (TPSA) is 95.9 Å². The first-order valence-electron chi connectivity index (χ1n) is 39.3. The highest BCUT2D eigenvalue weighted by molar-refractivity contribution is 5.76. The van der Waals surface area contributed by atoms with Crippen LogP contribution in [0, 0.1) is 0 Å². The van der Waals surface area contributed by atoms with E-state index in [2.05, 4.69) is 43.5 Å². The molecule has 0 spiro atoms. The summed E-state index contributed by atoms with van der Waals surface area (Å²) in [6, 6.07) is -0.625. The quantitative estimate of drug-likeness (QED) is 0.0320. The van der Waals surface area contributed by atoms with Gasteiger partial charge >= 0.3 is 5.97 Å². The Hall–Kier alpha value is -1.92. The summed E-state index contributed by atoms with van der Waals surface area (Å²) in [6.45, 7) is 4.94. The summed E-state index contributed by atoms with van der Waals surface area (Å²) < 4.78 is 5.52. The minimum Gasteiger partial charge on any atom is -0.466 e. The molecule has 0 aromatic rings. The molecule has 0 aliphatic heterocycles. The minimum absolute atomic E-state index is 0.0252. The van der Waals surface area contributed by atoms with Crippen molar-refractivity contribution in [2.24, 2.45) is 0 Å². The normalized spacial score (nSPS) is 12.7. The van der Waals surface area contributed by atoms with Crippen LogP contribution in [0.25, 0.3) is 0 Å². The van der Waals surface area contributed by atoms with Crippen LogP contribution in [0.1, 0.15) is 438 Å². The number of carbonyl (C=O) groups excluding carboxylic acids is 2. The van der Waals surface area contributed by atoms with Gasteiger partial charge in [0.1, 0.15) is 0 Å². The van der Waals surface area contributed by atoms with E-state index in [1.54, 1.807) is 6.08 Å². The lowest BCUT2D eigenvalue weighted by Crippen LogP contribution is -2.45. The Labute approximate surface area is 538 Å². The number of hydrogen-bond acceptors (Lipinski definition) is 5. The third-order valence-electron chi connectivity index (χ3n) is 18.4. The molecule has 0 aromatic carbocycles. The summed E-state index contributed by atoms with van der Waals surface area (Å²) in [5, 5.41) is 23.1. The Balaban J connectivity index is 3.33. The number of allylic oxidation sites excluding steroid dienone is 5. The number of rotatable bonds is 74. The summed E-state index contributed by atoms with van der Waals surface area (Å²) in [6.07, 6.45) is 98.5. The van der Waals surface area contributed by atoms with Gasteiger partial charge in [-0.15, -0.1) is 0 Å². The molecule has 2 atom stereocenters. The molecule has 0 saturated heterocycles. The van der Waals surface area contributed by atoms with Gasteiger partial charge in [0, 0.05) is 12.8 Å². The van der Waals surface area contributed by atoms with E-state index in [4.69, 9.17) is 4.74 Å². The second kappa shape index (κ2) is 75.5. The first-order valence-corrected chi connectivity index (χ1v) is 39.3. The Morgan fingerprint density at radius 3 is 0.884 bits per heavy atom. The number of amides is 1. The van der Waals surface area contributed by atoms with Crippen molar-refractivity contribution in [2.45, 2.75) is 450 Å². The number of aliphatic hydroxyl groups excluding tert-OH is 2. The van der Waals surface area contributed by atoms with Crippen LogP contribution in [0.3, 0.4) is 0 Å². The van der Waals surface area contributed by atoms with Crippen LogP contribution in [0.4, 0.5) is 0 Å². The number of unbranched alkanes of at least 4 members (excludes halogenated alkanes) is 59. The number of nitrogens with one attached hydrogen (secondary N) is 1. The van der Waals surface area contributed by atoms with Gasteiger partial charge in [-0.2, -0.15) is 0 Å². The fourth-order valence-corrected chi connectivity index (χ4v) is 12.4. The highest BCUT2D eigenvalue weighted by atomic mass is 16.5. The molecule has 6 heteroatoms. The third-order valence-corrected chi connectivity index (χ3v) is 18.4. The number of hydrogen-bond donors (Lipinski definition) is 3. The molecular formula is C80H153NO5. The van der Waals surface area contributed by atoms with Crippen LogP contribution in [0.5, 0.6) is 0 Å². The van der Waals surface area contributed by atoms with Gasteiger partial charge in [0.2, 0.25) is 5.91 Å². The first-order chi connectivity index (χ1) is 42.5. The third kappa shape index (κ3) is 71.2. The van der Waals surface area contributed by atoms with Crippen LogP contribution in [0.15, 0.2) is 36.5 Å². The maximum Gasteiger partial charge on any atom is 0.305 e. The van der Waals surface area contributed by atoms with Gasteiger partial charge in [0.05, 0.1) is 25.4 Å². The molecule has 2 unspecified atom stereocenters. The van der Waals surface area contributed by atoms with Crippen molar-refractivity contribution in [1.82, 2.24) is 5.32 Å². The molecule has 3 N–H and O–H groups in total. The molecular weight excluding hydrogens is 1050 g/mol. The van der Waals surface area contributed by atoms with E-state index < -0.39 is 12.1 Å². The fraction of sp³-hybridized carbons (Fsp3) is 0.900. The number of esters is 1. The van der Waals surface area contributed by atoms with Gasteiger partial charge in [0.25, 0.3) is 0 Å². The fourth-order valence-electron chi connectivity index (χ4n) is 12.4. The van der Waals surface area contributed by atoms with Gasteiger partial charge in [0.15, 0.2) is 0 Å². The van der Waals surface area contributed by atoms with Crippen LogP contribution in [-0.4, -0.2) is 47.4 Å². The molecule has 0 aromatic heterocycles. The Bertz CT molecular complexity index is 1390. The predicted molar refractivity (Wildman–Crippen MR) is 379 cm³/mol. The highest BCUT2D eigenvalue weighted by Gasteiger charge is 2.18. The van der Waals surface area contributed by atoms with E-state index >= 15 is 0 Å². The van der Waals surface area contributed by atoms with Crippen LogP contribution >= 0.6 is 0 Å². The van der Waals surface area contributed by atoms with E-state index in [0.717, 1.165) is 44.9 Å². The summed E-state index contributed by atoms with van der Waals surface area (Å²) >= 11 is 0. The molecule has 86 heavy (non-hydrogen) atoms. The summed E-state index contributed by atoms with van der Waals surface area (Å²) in [4.78, 5) is 24.6. The monoisotopic (exact) mass is 1210 g/mol. The van der Waals surface area contributed by atoms with Crippen LogP contribution in [0.2, 0.25) is 0 Å². The van der Waals surface area contributed by atoms with E-state index in [1.165, 1.54) is 366 Å². The lowest BCUT2D eigenvalue weighted by Gasteiger charge is -2.20. The van der Waals surface area contributed by atoms with Gasteiger partial charge in [-0.05, 0) is 64.2 Å². The number of aliphatic hydroxyl groups is 2. The number of ether oxygens (including phenoxy) is 1. The largest absolute Gasteiger partial charge is 0.466 e. The summed E-state index contributed by atoms with van der Waals surface area (Å²) in [5.41, 5.74) is 0. The highest BCUT2D eigenvalue weighted by Crippen LogP contribution is 2.19. The van der Waals surface area contributed by atoms with E-state index in [1.807, 2.05) is 6.08 Å². The Kier molecular flexibility index (Phi) is 73.9. The smallest absolute Gasteiger partial charge is 0.305 e. The van der Waals surface area contributed by atoms with Crippen LogP contribution in [-0.2, 0) is 14.3 Å². The average molecular weight is 1210 g/mol. The second-order valence-corrected chi connectivity index (χ2v) is 27.0. The Morgan fingerprint density at radius 1 is 0.326 bits per heavy atom. The molecule has 0 aliphatic rings. The van der Waals surface area contributed by atoms with Crippen LogP contribution < -0.4 is 5.32 Å². The molecule has 0 aliphatic carbocycles. The van der Waals surface area contributed by atoms with Crippen molar-refractivity contribution in [1.29, 1.82) is 0 Å². The zero-order valence-electron chi connectivity index (χ0n) is 58.3. The van der Waals surface area contributed by atoms with E-state index in [9.17, 15) is 19.8 Å². The van der Waals surface area contributed by atoms with Gasteiger partial charge in [-0.3, -0.25) is 9.59 Å². The standard InChI is InChI=1S/C80H153NO5/c1-3-5-7-9-11-13-15-17-18-19-44-47-50-54-58-62-66-70-74-80(85)86-75-71-67-63-59-55-51-48-45-42-40-38-36-34-32-30-28-26-24-22-20-21-23-25-27-29-31-33-35-37-39-41-43-46-49-53-57-61-65-69-73-79(84)81-77(76-82)78(83)72-68-64-60-56-52-16-14-12-10-8-6-4-2/h20-21,24,26,68,72,77-78,82-83H,3-19,22-23,25,27-67,69-71,73-76H2,1-2H3,(H,81,84)/b21-20-,26-24-,72-68+. The molecule has 508 valence electrons. The molecule has 0 radical (unpaired) electrons. The van der Waals surface area contributed by atoms with Gasteiger partial charge in [-0.25, -0.2) is 0 Å². The van der Waals surface area contributed by atoms with Crippen molar-refractivity contribution in [2.75, 3.05) is 13.2 Å². The molecule has 0 bridgehead atoms. The maximum atomic E-state index is 12.5. The van der Waals surface area contributed by atoms with Gasteiger partial charge in [-0.1, -0.05) is 397 Å². The second-order valence-electron chi connectivity index (χ2n) is 27.0. The average Bonchev–Trinajstić information content (AvgIpc) is 3.54. The molecule has 6 nitrogen and oxygen atoms in total. The summed E-state index contributed by atoms with van der Waals surface area (Å²) in [5.74, 6) is -0.0386. The van der Waals surface area contributed by atoms with Crippen molar-refractivity contribution in [3.8, 4) is 0 Å². The zero-order chi connectivity index (χ0) is 62.0. The maximum absolute atomic E-state index is 12.5. The van der Waals surface area contributed by atoms with E-state index in [-0.39, 0.29) is 18.5 Å². The first kappa shape index (κ1) is 84.1. The van der Waals surface area contributed by atoms with Crippen molar-refractivity contribution in [3.05, 3.63) is 36.5 Å². The zero-order valence-corrected chi connectivity index (χ0v) is 58.3.